The van der Waals surface area contributed by atoms with E-state index in [9.17, 15) is 5.11 Å². The van der Waals surface area contributed by atoms with Crippen LogP contribution in [0.1, 0.15) is 79.7 Å². The summed E-state index contributed by atoms with van der Waals surface area (Å²) in [6, 6.07) is 17.7. The minimum absolute atomic E-state index is 0.149. The van der Waals surface area contributed by atoms with Gasteiger partial charge in [-0.3, -0.25) is 0 Å². The number of hydrogen-bond donors (Lipinski definition) is 1. The van der Waals surface area contributed by atoms with Gasteiger partial charge in [0.15, 0.2) is 0 Å². The molecule has 0 saturated heterocycles. The second-order valence-corrected chi connectivity index (χ2v) is 7.83. The van der Waals surface area contributed by atoms with Crippen LogP contribution in [0.15, 0.2) is 48.5 Å². The maximum atomic E-state index is 10.9. The van der Waals surface area contributed by atoms with E-state index in [0.29, 0.717) is 5.92 Å². The molecule has 2 aromatic carbocycles. The van der Waals surface area contributed by atoms with E-state index in [1.165, 1.54) is 48.8 Å². The second-order valence-electron chi connectivity index (χ2n) is 7.83. The Bertz CT molecular complexity index is 696. The van der Waals surface area contributed by atoms with Crippen LogP contribution in [0.25, 0.3) is 0 Å². The Morgan fingerprint density at radius 1 is 1.08 bits per heavy atom. The van der Waals surface area contributed by atoms with E-state index in [2.05, 4.69) is 55.5 Å². The second kappa shape index (κ2) is 6.37. The molecule has 1 nitrogen and oxygen atoms in total. The molecule has 0 amide bonds. The van der Waals surface area contributed by atoms with Crippen LogP contribution in [0.3, 0.4) is 0 Å². The molecule has 0 aliphatic heterocycles. The first-order chi connectivity index (χ1) is 11.7. The summed E-state index contributed by atoms with van der Waals surface area (Å²) >= 11 is 0. The van der Waals surface area contributed by atoms with Gasteiger partial charge in [0.05, 0.1) is 6.10 Å². The summed E-state index contributed by atoms with van der Waals surface area (Å²) in [5.41, 5.74) is 5.65. The van der Waals surface area contributed by atoms with Crippen molar-refractivity contribution in [3.63, 3.8) is 0 Å². The van der Waals surface area contributed by atoms with E-state index in [-0.39, 0.29) is 11.5 Å². The molecule has 1 saturated carbocycles. The van der Waals surface area contributed by atoms with Gasteiger partial charge in [-0.1, -0.05) is 68.3 Å². The molecule has 0 aromatic heterocycles. The van der Waals surface area contributed by atoms with Crippen LogP contribution in [0.2, 0.25) is 0 Å². The molecule has 126 valence electrons. The maximum absolute atomic E-state index is 10.9. The zero-order valence-corrected chi connectivity index (χ0v) is 14.7. The van der Waals surface area contributed by atoms with Crippen molar-refractivity contribution in [3.8, 4) is 0 Å². The summed E-state index contributed by atoms with van der Waals surface area (Å²) in [6.45, 7) is 2.23. The number of aryl methyl sites for hydroxylation is 1. The van der Waals surface area contributed by atoms with Gasteiger partial charge in [-0.05, 0) is 54.4 Å². The lowest BCUT2D eigenvalue weighted by Gasteiger charge is -2.46. The van der Waals surface area contributed by atoms with Crippen LogP contribution >= 0.6 is 0 Å². The van der Waals surface area contributed by atoms with E-state index in [4.69, 9.17) is 0 Å². The van der Waals surface area contributed by atoms with Crippen LogP contribution in [0, 0.1) is 5.41 Å². The summed E-state index contributed by atoms with van der Waals surface area (Å²) in [4.78, 5) is 0. The predicted molar refractivity (Wildman–Crippen MR) is 99.2 cm³/mol. The number of aliphatic hydroxyl groups excluding tert-OH is 1. The minimum atomic E-state index is -0.295. The summed E-state index contributed by atoms with van der Waals surface area (Å²) in [7, 11) is 0. The fourth-order valence-electron chi connectivity index (χ4n) is 4.96. The number of aliphatic hydroxyl groups is 1. The number of rotatable bonds is 5. The highest BCUT2D eigenvalue weighted by atomic mass is 16.3. The highest BCUT2D eigenvalue weighted by Gasteiger charge is 2.43. The van der Waals surface area contributed by atoms with Crippen LogP contribution in [0.5, 0.6) is 0 Å². The monoisotopic (exact) mass is 320 g/mol. The fraction of sp³-hybridized carbons (Fsp3) is 0.478. The van der Waals surface area contributed by atoms with Gasteiger partial charge >= 0.3 is 0 Å². The molecule has 0 heterocycles. The minimum Gasteiger partial charge on any atom is -0.388 e. The Kier molecular flexibility index (Phi) is 4.22. The fourth-order valence-corrected chi connectivity index (χ4v) is 4.96. The third-order valence-corrected chi connectivity index (χ3v) is 6.46. The first kappa shape index (κ1) is 15.9. The molecule has 2 aliphatic rings. The first-order valence-corrected chi connectivity index (χ1v) is 9.59. The van der Waals surface area contributed by atoms with E-state index < -0.39 is 0 Å². The average Bonchev–Trinajstić information content (AvgIpc) is 3.02. The van der Waals surface area contributed by atoms with Gasteiger partial charge in [0.25, 0.3) is 0 Å². The molecule has 1 heteroatoms. The zero-order chi connectivity index (χ0) is 16.6. The molecular formula is C23H28O. The first-order valence-electron chi connectivity index (χ1n) is 9.59. The van der Waals surface area contributed by atoms with Gasteiger partial charge in [0, 0.05) is 11.3 Å². The molecule has 1 N–H and O–H groups in total. The van der Waals surface area contributed by atoms with Gasteiger partial charge in [-0.15, -0.1) is 0 Å². The smallest absolute Gasteiger partial charge is 0.0846 e. The molecule has 4 rings (SSSR count). The number of fused-ring (bicyclic) bond motifs is 1. The summed E-state index contributed by atoms with van der Waals surface area (Å²) in [6.07, 6.45) is 8.04. The van der Waals surface area contributed by atoms with E-state index in [0.717, 1.165) is 18.4 Å². The van der Waals surface area contributed by atoms with Gasteiger partial charge in [-0.25, -0.2) is 0 Å². The summed E-state index contributed by atoms with van der Waals surface area (Å²) < 4.78 is 0. The van der Waals surface area contributed by atoms with Gasteiger partial charge in [0.1, 0.15) is 0 Å². The van der Waals surface area contributed by atoms with Crippen molar-refractivity contribution >= 4 is 0 Å². The maximum Gasteiger partial charge on any atom is 0.0846 e. The van der Waals surface area contributed by atoms with Crippen LogP contribution < -0.4 is 0 Å². The number of benzene rings is 2. The highest BCUT2D eigenvalue weighted by molar-refractivity contribution is 5.42. The van der Waals surface area contributed by atoms with Crippen molar-refractivity contribution in [1.82, 2.24) is 0 Å². The van der Waals surface area contributed by atoms with Gasteiger partial charge in [0.2, 0.25) is 0 Å². The Balaban J connectivity index is 1.55. The lowest BCUT2D eigenvalue weighted by Crippen LogP contribution is -2.35. The Hall–Kier alpha value is -1.60. The summed E-state index contributed by atoms with van der Waals surface area (Å²) in [5.74, 6) is 0.528. The topological polar surface area (TPSA) is 20.2 Å². The molecule has 2 aromatic rings. The van der Waals surface area contributed by atoms with E-state index in [1.54, 1.807) is 0 Å². The Morgan fingerprint density at radius 2 is 1.83 bits per heavy atom. The van der Waals surface area contributed by atoms with Gasteiger partial charge < -0.3 is 5.11 Å². The zero-order valence-electron chi connectivity index (χ0n) is 14.7. The van der Waals surface area contributed by atoms with Crippen molar-refractivity contribution in [2.24, 2.45) is 5.41 Å². The molecule has 2 unspecified atom stereocenters. The SMILES string of the molecule is CCCC1(C(O)c2ccc(C3CCc4ccccc43)cc2)CCC1. The predicted octanol–water partition coefficient (Wildman–Crippen LogP) is 5.77. The third kappa shape index (κ3) is 2.59. The molecule has 0 spiro atoms. The molecular weight excluding hydrogens is 292 g/mol. The van der Waals surface area contributed by atoms with Crippen LogP contribution in [0.4, 0.5) is 0 Å². The standard InChI is InChI=1S/C23H28O/c1-2-14-23(15-5-16-23)22(24)19-10-8-18(9-11-19)21-13-12-17-6-3-4-7-20(17)21/h3-4,6-11,21-22,24H,2,5,12-16H2,1H3. The average molecular weight is 320 g/mol. The van der Waals surface area contributed by atoms with Crippen LogP contribution in [-0.2, 0) is 6.42 Å². The Labute approximate surface area is 145 Å². The molecule has 0 bridgehead atoms. The molecule has 24 heavy (non-hydrogen) atoms. The third-order valence-electron chi connectivity index (χ3n) is 6.46. The molecule has 1 fully saturated rings. The normalized spacial score (nSPS) is 22.7. The summed E-state index contributed by atoms with van der Waals surface area (Å²) in [5, 5.41) is 10.9. The van der Waals surface area contributed by atoms with Crippen molar-refractivity contribution in [2.45, 2.75) is 63.9 Å². The van der Waals surface area contributed by atoms with Crippen molar-refractivity contribution in [1.29, 1.82) is 0 Å². The quantitative estimate of drug-likeness (QED) is 0.741. The van der Waals surface area contributed by atoms with Crippen molar-refractivity contribution < 1.29 is 5.11 Å². The Morgan fingerprint density at radius 3 is 2.50 bits per heavy atom. The van der Waals surface area contributed by atoms with Gasteiger partial charge in [-0.2, -0.15) is 0 Å². The molecule has 0 radical (unpaired) electrons. The van der Waals surface area contributed by atoms with E-state index >= 15 is 0 Å². The van der Waals surface area contributed by atoms with Crippen LogP contribution in [-0.4, -0.2) is 5.11 Å². The lowest BCUT2D eigenvalue weighted by atomic mass is 9.61. The largest absolute Gasteiger partial charge is 0.388 e. The van der Waals surface area contributed by atoms with Crippen molar-refractivity contribution in [3.05, 3.63) is 70.8 Å². The lowest BCUT2D eigenvalue weighted by molar-refractivity contribution is -0.0440. The number of hydrogen-bond acceptors (Lipinski definition) is 1. The highest BCUT2D eigenvalue weighted by Crippen LogP contribution is 2.53. The van der Waals surface area contributed by atoms with Crippen molar-refractivity contribution in [2.75, 3.05) is 0 Å². The van der Waals surface area contributed by atoms with E-state index in [1.807, 2.05) is 0 Å². The molecule has 2 aliphatic carbocycles. The molecule has 2 atom stereocenters.